The zero-order valence-electron chi connectivity index (χ0n) is 20.0. The van der Waals surface area contributed by atoms with Crippen LogP contribution in [-0.2, 0) is 16.0 Å². The van der Waals surface area contributed by atoms with E-state index in [0.717, 1.165) is 17.7 Å². The van der Waals surface area contributed by atoms with E-state index in [9.17, 15) is 9.90 Å². The van der Waals surface area contributed by atoms with Gasteiger partial charge in [0.2, 0.25) is 5.91 Å². The summed E-state index contributed by atoms with van der Waals surface area (Å²) in [5.74, 6) is 0.912. The summed E-state index contributed by atoms with van der Waals surface area (Å²) >= 11 is 1.75. The number of aryl methyl sites for hydroxylation is 2. The Balaban J connectivity index is 1.67. The second-order valence-electron chi connectivity index (χ2n) is 8.54. The number of fused-ring (bicyclic) bond motifs is 1. The fourth-order valence-electron chi connectivity index (χ4n) is 4.23. The van der Waals surface area contributed by atoms with E-state index >= 15 is 0 Å². The van der Waals surface area contributed by atoms with Gasteiger partial charge in [-0.3, -0.25) is 9.69 Å². The smallest absolute Gasteiger partial charge is 0.237 e. The third kappa shape index (κ3) is 6.90. The Kier molecular flexibility index (Phi) is 9.50. The molecule has 1 amide bonds. The van der Waals surface area contributed by atoms with E-state index in [4.69, 9.17) is 9.47 Å². The average Bonchev–Trinajstić information content (AvgIpc) is 3.27. The molecular weight excluding hydrogens is 436 g/mol. The highest BCUT2D eigenvalue weighted by atomic mass is 32.1. The predicted octanol–water partition coefficient (Wildman–Crippen LogP) is 3.76. The summed E-state index contributed by atoms with van der Waals surface area (Å²) in [4.78, 5) is 18.6. The van der Waals surface area contributed by atoms with Crippen molar-refractivity contribution in [3.63, 3.8) is 0 Å². The molecule has 1 N–H and O–H groups in total. The van der Waals surface area contributed by atoms with Gasteiger partial charge in [-0.1, -0.05) is 30.7 Å². The number of thiophene rings is 1. The molecule has 1 aliphatic rings. The van der Waals surface area contributed by atoms with Gasteiger partial charge in [0.1, 0.15) is 12.4 Å². The maximum absolute atomic E-state index is 13.4. The highest BCUT2D eigenvalue weighted by molar-refractivity contribution is 7.10. The van der Waals surface area contributed by atoms with Crippen molar-refractivity contribution in [3.05, 3.63) is 63.9 Å². The minimum atomic E-state index is -0.647. The fourth-order valence-corrected chi connectivity index (χ4v) is 5.16. The van der Waals surface area contributed by atoms with Crippen LogP contribution < -0.4 is 4.74 Å². The molecule has 6 nitrogen and oxygen atoms in total. The van der Waals surface area contributed by atoms with Crippen molar-refractivity contribution in [1.82, 2.24) is 9.80 Å². The van der Waals surface area contributed by atoms with Gasteiger partial charge in [0.15, 0.2) is 0 Å². The first-order valence-corrected chi connectivity index (χ1v) is 12.5. The molecular formula is C26H36N2O4S. The van der Waals surface area contributed by atoms with E-state index in [1.807, 2.05) is 35.8 Å². The Hall–Kier alpha value is -2.19. The molecule has 1 aromatic heterocycles. The number of hydrogen-bond donors (Lipinski definition) is 1. The van der Waals surface area contributed by atoms with Crippen LogP contribution >= 0.6 is 11.3 Å². The second kappa shape index (κ2) is 12.3. The van der Waals surface area contributed by atoms with Crippen LogP contribution in [0.3, 0.4) is 0 Å². The summed E-state index contributed by atoms with van der Waals surface area (Å²) in [6, 6.07) is 8.16. The van der Waals surface area contributed by atoms with Gasteiger partial charge in [0.25, 0.3) is 0 Å². The normalized spacial score (nSPS) is 16.5. The van der Waals surface area contributed by atoms with Crippen LogP contribution in [0.1, 0.15) is 34.5 Å². The van der Waals surface area contributed by atoms with E-state index in [1.54, 1.807) is 17.4 Å². The van der Waals surface area contributed by atoms with E-state index in [0.29, 0.717) is 32.8 Å². The van der Waals surface area contributed by atoms with Gasteiger partial charge >= 0.3 is 0 Å². The molecule has 0 saturated carbocycles. The number of amides is 1. The number of ether oxygens (including phenoxy) is 2. The number of aliphatic hydroxyl groups is 1. The van der Waals surface area contributed by atoms with Crippen molar-refractivity contribution in [1.29, 1.82) is 0 Å². The largest absolute Gasteiger partial charge is 0.491 e. The molecule has 7 heteroatoms. The highest BCUT2D eigenvalue weighted by Crippen LogP contribution is 2.34. The van der Waals surface area contributed by atoms with Gasteiger partial charge in [0, 0.05) is 18.0 Å². The van der Waals surface area contributed by atoms with E-state index < -0.39 is 6.10 Å². The Morgan fingerprint density at radius 1 is 1.39 bits per heavy atom. The summed E-state index contributed by atoms with van der Waals surface area (Å²) in [7, 11) is 0. The lowest BCUT2D eigenvalue weighted by Gasteiger charge is -2.37. The molecule has 0 saturated heterocycles. The molecule has 0 fully saturated rings. The first-order valence-electron chi connectivity index (χ1n) is 11.6. The summed E-state index contributed by atoms with van der Waals surface area (Å²) in [6.45, 7) is 12.8. The van der Waals surface area contributed by atoms with Crippen molar-refractivity contribution in [2.75, 3.05) is 46.0 Å². The molecule has 1 aromatic carbocycles. The number of nitrogens with zero attached hydrogens (tertiary/aromatic N) is 2. The minimum Gasteiger partial charge on any atom is -0.491 e. The molecule has 3 rings (SSSR count). The van der Waals surface area contributed by atoms with Gasteiger partial charge in [-0.15, -0.1) is 17.9 Å². The van der Waals surface area contributed by atoms with Crippen molar-refractivity contribution in [2.24, 2.45) is 0 Å². The van der Waals surface area contributed by atoms with Crippen LogP contribution in [0.4, 0.5) is 0 Å². The SMILES string of the molecule is C=CCOC[C@H](O)CN(CC)CC(=O)N1CCc2sccc2[C@H]1COc1ccc(C)cc1C. The molecule has 0 radical (unpaired) electrons. The topological polar surface area (TPSA) is 62.2 Å². The average molecular weight is 473 g/mol. The monoisotopic (exact) mass is 472 g/mol. The fraction of sp³-hybridized carbons (Fsp3) is 0.500. The second-order valence-corrected chi connectivity index (χ2v) is 9.54. The summed E-state index contributed by atoms with van der Waals surface area (Å²) < 4.78 is 11.6. The van der Waals surface area contributed by atoms with E-state index in [-0.39, 0.29) is 25.1 Å². The van der Waals surface area contributed by atoms with Crippen LogP contribution in [0.2, 0.25) is 0 Å². The van der Waals surface area contributed by atoms with Crippen molar-refractivity contribution >= 4 is 17.2 Å². The van der Waals surface area contributed by atoms with Crippen LogP contribution in [0.5, 0.6) is 5.75 Å². The van der Waals surface area contributed by atoms with Crippen LogP contribution in [0.15, 0.2) is 42.3 Å². The quantitative estimate of drug-likeness (QED) is 0.377. The van der Waals surface area contributed by atoms with E-state index in [2.05, 4.69) is 31.0 Å². The molecule has 0 bridgehead atoms. The van der Waals surface area contributed by atoms with Gasteiger partial charge in [-0.05, 0) is 55.5 Å². The number of aliphatic hydroxyl groups excluding tert-OH is 1. The van der Waals surface area contributed by atoms with Gasteiger partial charge in [-0.2, -0.15) is 0 Å². The Morgan fingerprint density at radius 3 is 2.94 bits per heavy atom. The lowest BCUT2D eigenvalue weighted by atomic mass is 10.00. The third-order valence-electron chi connectivity index (χ3n) is 5.96. The molecule has 1 aliphatic heterocycles. The number of carbonyl (C=O) groups excluding carboxylic acids is 1. The molecule has 33 heavy (non-hydrogen) atoms. The summed E-state index contributed by atoms with van der Waals surface area (Å²) in [5.41, 5.74) is 3.48. The molecule has 0 spiro atoms. The number of likely N-dealkylation sites (N-methyl/N-ethyl adjacent to an activating group) is 1. The van der Waals surface area contributed by atoms with Crippen LogP contribution in [0, 0.1) is 13.8 Å². The summed E-state index contributed by atoms with van der Waals surface area (Å²) in [5, 5.41) is 12.4. The van der Waals surface area contributed by atoms with Crippen LogP contribution in [0.25, 0.3) is 0 Å². The lowest BCUT2D eigenvalue weighted by Crippen LogP contribution is -2.48. The molecule has 0 unspecified atom stereocenters. The number of benzene rings is 1. The number of rotatable bonds is 12. The standard InChI is InChI=1S/C26H36N2O4S/c1-5-12-31-17-21(29)15-27(6-2)16-26(30)28-11-9-25-22(10-13-33-25)23(28)18-32-24-8-7-19(3)14-20(24)4/h5,7-8,10,13-14,21,23,29H,1,6,9,11-12,15-18H2,2-4H3/t21-,23-/m1/s1. The van der Waals surface area contributed by atoms with Gasteiger partial charge < -0.3 is 19.5 Å². The van der Waals surface area contributed by atoms with Crippen molar-refractivity contribution < 1.29 is 19.4 Å². The predicted molar refractivity (Wildman–Crippen MR) is 133 cm³/mol. The lowest BCUT2D eigenvalue weighted by molar-refractivity contribution is -0.136. The van der Waals surface area contributed by atoms with E-state index in [1.165, 1.54) is 16.0 Å². The Bertz CT molecular complexity index is 929. The third-order valence-corrected chi connectivity index (χ3v) is 6.96. The number of hydrogen-bond acceptors (Lipinski definition) is 6. The van der Waals surface area contributed by atoms with Gasteiger partial charge in [0.05, 0.1) is 31.9 Å². The maximum Gasteiger partial charge on any atom is 0.237 e. The van der Waals surface area contributed by atoms with Crippen molar-refractivity contribution in [2.45, 2.75) is 39.3 Å². The molecule has 0 aliphatic carbocycles. The Morgan fingerprint density at radius 2 is 2.21 bits per heavy atom. The molecule has 180 valence electrons. The first kappa shape index (κ1) is 25.4. The highest BCUT2D eigenvalue weighted by Gasteiger charge is 2.33. The zero-order valence-corrected chi connectivity index (χ0v) is 20.8. The summed E-state index contributed by atoms with van der Waals surface area (Å²) in [6.07, 6.45) is 1.87. The van der Waals surface area contributed by atoms with Crippen LogP contribution in [-0.4, -0.2) is 72.9 Å². The minimum absolute atomic E-state index is 0.0575. The number of carbonyl (C=O) groups is 1. The first-order chi connectivity index (χ1) is 15.9. The van der Waals surface area contributed by atoms with Gasteiger partial charge in [-0.25, -0.2) is 0 Å². The van der Waals surface area contributed by atoms with Crippen molar-refractivity contribution in [3.8, 4) is 5.75 Å². The Labute approximate surface area is 201 Å². The maximum atomic E-state index is 13.4. The molecule has 2 atom stereocenters. The zero-order chi connectivity index (χ0) is 23.8. The molecule has 2 aromatic rings. The molecule has 2 heterocycles.